The van der Waals surface area contributed by atoms with E-state index in [0.717, 1.165) is 11.8 Å². The van der Waals surface area contributed by atoms with E-state index in [1.165, 1.54) is 17.0 Å². The lowest BCUT2D eigenvalue weighted by atomic mass is 10.2. The molecule has 0 aromatic heterocycles. The molecule has 0 radical (unpaired) electrons. The predicted molar refractivity (Wildman–Crippen MR) is 101 cm³/mol. The van der Waals surface area contributed by atoms with Gasteiger partial charge in [-0.05, 0) is 47.7 Å². The monoisotopic (exact) mass is 386 g/mol. The zero-order valence-corrected chi connectivity index (χ0v) is 15.1. The fourth-order valence-corrected chi connectivity index (χ4v) is 3.27. The number of para-hydroxylation sites is 1. The first kappa shape index (κ1) is 18.7. The maximum atomic E-state index is 13.8. The molecule has 6 nitrogen and oxygen atoms in total. The van der Waals surface area contributed by atoms with Crippen LogP contribution in [0.25, 0.3) is 6.08 Å². The van der Waals surface area contributed by atoms with Crippen LogP contribution in [0, 0.1) is 5.82 Å². The van der Waals surface area contributed by atoms with Gasteiger partial charge in [0.05, 0.1) is 4.91 Å². The Morgan fingerprint density at radius 1 is 1.30 bits per heavy atom. The predicted octanol–water partition coefficient (Wildman–Crippen LogP) is 3.52. The molecule has 2 aromatic carbocycles. The molecule has 3 rings (SSSR count). The summed E-state index contributed by atoms with van der Waals surface area (Å²) in [7, 11) is 1.57. The fraction of sp³-hybridized carbons (Fsp3) is 0.105. The number of carboxylic acid groups (broad SMARTS) is 1. The van der Waals surface area contributed by atoms with Crippen LogP contribution in [-0.2, 0) is 9.59 Å². The summed E-state index contributed by atoms with van der Waals surface area (Å²) in [6.07, 6.45) is 1.65. The molecular formula is C19H15FN2O4S. The van der Waals surface area contributed by atoms with E-state index >= 15 is 0 Å². The van der Waals surface area contributed by atoms with Crippen molar-refractivity contribution in [2.24, 2.45) is 4.99 Å². The summed E-state index contributed by atoms with van der Waals surface area (Å²) in [5.41, 5.74) is 0.833. The van der Waals surface area contributed by atoms with Gasteiger partial charge in [0.25, 0.3) is 5.91 Å². The van der Waals surface area contributed by atoms with E-state index < -0.39 is 18.4 Å². The van der Waals surface area contributed by atoms with Gasteiger partial charge >= 0.3 is 5.97 Å². The molecule has 1 fully saturated rings. The summed E-state index contributed by atoms with van der Waals surface area (Å²) in [5, 5.41) is 9.05. The van der Waals surface area contributed by atoms with Crippen molar-refractivity contribution in [2.75, 3.05) is 13.7 Å². The van der Waals surface area contributed by atoms with Gasteiger partial charge in [0.15, 0.2) is 11.8 Å². The highest BCUT2D eigenvalue weighted by Gasteiger charge is 2.30. The maximum Gasteiger partial charge on any atom is 0.341 e. The summed E-state index contributed by atoms with van der Waals surface area (Å²) in [6.45, 7) is -0.449. The van der Waals surface area contributed by atoms with Crippen LogP contribution in [0.2, 0.25) is 0 Å². The van der Waals surface area contributed by atoms with E-state index in [9.17, 15) is 14.0 Å². The highest BCUT2D eigenvalue weighted by atomic mass is 32.2. The number of rotatable bonds is 5. The minimum absolute atomic E-state index is 0.157. The van der Waals surface area contributed by atoms with Gasteiger partial charge in [-0.15, -0.1) is 0 Å². The molecule has 0 saturated carbocycles. The van der Waals surface area contributed by atoms with E-state index in [1.54, 1.807) is 49.5 Å². The highest BCUT2D eigenvalue weighted by Crippen LogP contribution is 2.34. The molecular weight excluding hydrogens is 371 g/mol. The van der Waals surface area contributed by atoms with Crippen LogP contribution in [0.3, 0.4) is 0 Å². The number of amidine groups is 1. The number of nitrogens with zero attached hydrogens (tertiary/aromatic N) is 2. The minimum Gasteiger partial charge on any atom is -0.482 e. The average Bonchev–Trinajstić information content (AvgIpc) is 2.90. The molecule has 1 N–H and O–H groups in total. The zero-order valence-electron chi connectivity index (χ0n) is 14.3. The van der Waals surface area contributed by atoms with E-state index in [-0.39, 0.29) is 11.6 Å². The topological polar surface area (TPSA) is 79.2 Å². The van der Waals surface area contributed by atoms with Gasteiger partial charge in [0.2, 0.25) is 0 Å². The standard InChI is InChI=1S/C19H15FN2O4S/c1-22-18(25)16(27-19(22)21-15-8-3-2-7-14(15)20)10-12-5-4-6-13(9-12)26-11-17(23)24/h2-10H,11H2,1H3,(H,23,24)/b16-10+,21-19?. The van der Waals surface area contributed by atoms with Crippen LogP contribution < -0.4 is 4.74 Å². The van der Waals surface area contributed by atoms with Crippen molar-refractivity contribution in [3.8, 4) is 5.75 Å². The first-order valence-corrected chi connectivity index (χ1v) is 8.71. The second kappa shape index (κ2) is 8.05. The lowest BCUT2D eigenvalue weighted by Gasteiger charge is -2.07. The Kier molecular flexibility index (Phi) is 5.56. The van der Waals surface area contributed by atoms with Crippen LogP contribution in [0.15, 0.2) is 58.4 Å². The van der Waals surface area contributed by atoms with Crippen molar-refractivity contribution in [1.29, 1.82) is 0 Å². The Morgan fingerprint density at radius 2 is 2.07 bits per heavy atom. The van der Waals surface area contributed by atoms with Gasteiger partial charge in [0, 0.05) is 7.05 Å². The van der Waals surface area contributed by atoms with Crippen molar-refractivity contribution in [1.82, 2.24) is 4.90 Å². The lowest BCUT2D eigenvalue weighted by molar-refractivity contribution is -0.139. The molecule has 0 unspecified atom stereocenters. The molecule has 2 aromatic rings. The smallest absolute Gasteiger partial charge is 0.341 e. The number of halogens is 1. The molecule has 1 aliphatic heterocycles. The van der Waals surface area contributed by atoms with Crippen LogP contribution in [0.5, 0.6) is 5.75 Å². The Bertz CT molecular complexity index is 958. The summed E-state index contributed by atoms with van der Waals surface area (Å²) >= 11 is 1.14. The van der Waals surface area contributed by atoms with Crippen LogP contribution >= 0.6 is 11.8 Å². The van der Waals surface area contributed by atoms with Gasteiger partial charge in [0.1, 0.15) is 17.3 Å². The SMILES string of the molecule is CN1C(=O)/C(=C\c2cccc(OCC(=O)O)c2)SC1=Nc1ccccc1F. The minimum atomic E-state index is -1.07. The van der Waals surface area contributed by atoms with E-state index in [2.05, 4.69) is 4.99 Å². The number of hydrogen-bond donors (Lipinski definition) is 1. The third-order valence-corrected chi connectivity index (χ3v) is 4.65. The number of carbonyl (C=O) groups is 2. The average molecular weight is 386 g/mol. The number of ether oxygens (including phenoxy) is 1. The first-order chi connectivity index (χ1) is 12.9. The molecule has 0 aliphatic carbocycles. The molecule has 1 heterocycles. The number of thioether (sulfide) groups is 1. The second-order valence-electron chi connectivity index (χ2n) is 5.58. The van der Waals surface area contributed by atoms with Crippen LogP contribution in [0.1, 0.15) is 5.56 Å². The maximum absolute atomic E-state index is 13.8. The number of hydrogen-bond acceptors (Lipinski definition) is 5. The third-order valence-electron chi connectivity index (χ3n) is 3.59. The van der Waals surface area contributed by atoms with Crippen molar-refractivity contribution in [3.63, 3.8) is 0 Å². The summed E-state index contributed by atoms with van der Waals surface area (Å²) in [4.78, 5) is 29.0. The second-order valence-corrected chi connectivity index (χ2v) is 6.58. The molecule has 0 spiro atoms. The van der Waals surface area contributed by atoms with Crippen molar-refractivity contribution in [2.45, 2.75) is 0 Å². The molecule has 27 heavy (non-hydrogen) atoms. The number of likely N-dealkylation sites (N-methyl/N-ethyl adjacent to an activating group) is 1. The summed E-state index contributed by atoms with van der Waals surface area (Å²) in [5.74, 6) is -1.41. The van der Waals surface area contributed by atoms with Crippen molar-refractivity contribution < 1.29 is 23.8 Å². The number of carbonyl (C=O) groups excluding carboxylic acids is 1. The highest BCUT2D eigenvalue weighted by molar-refractivity contribution is 8.18. The number of aliphatic imine (C=N–C) groups is 1. The molecule has 1 amide bonds. The first-order valence-electron chi connectivity index (χ1n) is 7.89. The van der Waals surface area contributed by atoms with Crippen LogP contribution in [0.4, 0.5) is 10.1 Å². The Labute approximate surface area is 159 Å². The Morgan fingerprint density at radius 3 is 2.81 bits per heavy atom. The quantitative estimate of drug-likeness (QED) is 0.796. The van der Waals surface area contributed by atoms with Gasteiger partial charge in [-0.1, -0.05) is 24.3 Å². The zero-order chi connectivity index (χ0) is 19.4. The van der Waals surface area contributed by atoms with E-state index in [0.29, 0.717) is 21.4 Å². The number of benzene rings is 2. The molecule has 0 bridgehead atoms. The summed E-state index contributed by atoms with van der Waals surface area (Å²) < 4.78 is 18.9. The molecule has 138 valence electrons. The van der Waals surface area contributed by atoms with E-state index in [1.807, 2.05) is 0 Å². The van der Waals surface area contributed by atoms with Crippen LogP contribution in [-0.4, -0.2) is 40.7 Å². The van der Waals surface area contributed by atoms with Gasteiger partial charge in [-0.25, -0.2) is 14.2 Å². The van der Waals surface area contributed by atoms with Gasteiger partial charge in [-0.3, -0.25) is 9.69 Å². The Hall–Kier alpha value is -3.13. The fourth-order valence-electron chi connectivity index (χ4n) is 2.29. The number of aliphatic carboxylic acids is 1. The third kappa shape index (κ3) is 4.53. The number of carboxylic acids is 1. The van der Waals surface area contributed by atoms with Crippen molar-refractivity contribution in [3.05, 3.63) is 64.8 Å². The largest absolute Gasteiger partial charge is 0.482 e. The van der Waals surface area contributed by atoms with E-state index in [4.69, 9.17) is 9.84 Å². The number of amides is 1. The molecule has 1 saturated heterocycles. The molecule has 1 aliphatic rings. The lowest BCUT2D eigenvalue weighted by Crippen LogP contribution is -2.23. The van der Waals surface area contributed by atoms with Crippen molar-refractivity contribution >= 4 is 40.6 Å². The van der Waals surface area contributed by atoms with Gasteiger partial charge in [-0.2, -0.15) is 0 Å². The van der Waals surface area contributed by atoms with Gasteiger partial charge < -0.3 is 9.84 Å². The molecule has 8 heteroatoms. The molecule has 0 atom stereocenters. The normalized spacial score (nSPS) is 17.0. The Balaban J connectivity index is 1.83. The summed E-state index contributed by atoms with van der Waals surface area (Å²) in [6, 6.07) is 12.8.